The molecule has 1 unspecified atom stereocenters. The molecule has 6 rings (SSSR count). The number of ether oxygens (including phenoxy) is 3. The van der Waals surface area contributed by atoms with Gasteiger partial charge in [-0.1, -0.05) is 64.8 Å². The summed E-state index contributed by atoms with van der Waals surface area (Å²) < 4.78 is 41.2. The topological polar surface area (TPSA) is 141 Å². The summed E-state index contributed by atoms with van der Waals surface area (Å²) in [5, 5.41) is 4.86. The summed E-state index contributed by atoms with van der Waals surface area (Å²) in [6, 6.07) is 11.3. The molecule has 0 radical (unpaired) electrons. The number of rotatable bonds is 7. The van der Waals surface area contributed by atoms with E-state index in [-0.39, 0.29) is 57.8 Å². The molecular weight excluding hydrogens is 766 g/mol. The number of carbonyl (C=O) groups is 3. The van der Waals surface area contributed by atoms with Crippen LogP contribution in [0.3, 0.4) is 0 Å². The first-order valence-corrected chi connectivity index (χ1v) is 22.0. The second kappa shape index (κ2) is 17.6. The van der Waals surface area contributed by atoms with Crippen molar-refractivity contribution < 1.29 is 32.8 Å². The van der Waals surface area contributed by atoms with Gasteiger partial charge in [0.1, 0.15) is 27.3 Å². The summed E-state index contributed by atoms with van der Waals surface area (Å²) in [5.74, 6) is -1.29. The summed E-state index contributed by atoms with van der Waals surface area (Å²) in [7, 11) is -0.661. The van der Waals surface area contributed by atoms with Gasteiger partial charge in [-0.3, -0.25) is 23.8 Å². The Labute approximate surface area is 342 Å². The van der Waals surface area contributed by atoms with Gasteiger partial charge in [0.25, 0.3) is 11.8 Å². The Morgan fingerprint density at radius 3 is 2.70 bits per heavy atom. The normalized spacial score (nSPS) is 27.1. The summed E-state index contributed by atoms with van der Waals surface area (Å²) in [4.78, 5) is 43.3. The minimum absolute atomic E-state index is 0.0541. The maximum atomic E-state index is 14.7. The quantitative estimate of drug-likeness (QED) is 0.187. The lowest BCUT2D eigenvalue weighted by Crippen LogP contribution is -2.47. The number of fused-ring (bicyclic) bond motifs is 3. The van der Waals surface area contributed by atoms with Gasteiger partial charge in [-0.05, 0) is 91.0 Å². The summed E-state index contributed by atoms with van der Waals surface area (Å²) in [5.41, 5.74) is 3.07. The first-order chi connectivity index (χ1) is 27.1. The van der Waals surface area contributed by atoms with Gasteiger partial charge in [0.05, 0.1) is 25.2 Å². The van der Waals surface area contributed by atoms with Crippen LogP contribution in [0.1, 0.15) is 98.6 Å². The summed E-state index contributed by atoms with van der Waals surface area (Å²) in [6.45, 7) is 11.8. The first kappa shape index (κ1) is 42.3. The van der Waals surface area contributed by atoms with E-state index < -0.39 is 27.8 Å². The molecule has 1 aromatic heterocycles. The van der Waals surface area contributed by atoms with Crippen molar-refractivity contribution in [3.8, 4) is 11.6 Å². The molecule has 3 aromatic rings. The molecule has 1 aliphatic carbocycles. The summed E-state index contributed by atoms with van der Waals surface area (Å²) >= 11 is 6.49. The summed E-state index contributed by atoms with van der Waals surface area (Å²) in [6.07, 6.45) is 9.17. The molecule has 308 valence electrons. The largest absolute Gasteiger partial charge is 0.490 e. The van der Waals surface area contributed by atoms with Crippen LogP contribution in [0.4, 0.5) is 5.69 Å². The maximum Gasteiger partial charge on any atom is 0.306 e. The van der Waals surface area contributed by atoms with Crippen molar-refractivity contribution in [2.24, 2.45) is 35.1 Å². The molecule has 1 N–H and O–H groups in total. The molecule has 1 spiro atoms. The van der Waals surface area contributed by atoms with E-state index in [9.17, 15) is 18.6 Å². The van der Waals surface area contributed by atoms with E-state index in [1.807, 2.05) is 39.0 Å². The number of hydrogen-bond donors (Lipinski definition) is 1. The van der Waals surface area contributed by atoms with Gasteiger partial charge in [0, 0.05) is 54.7 Å². The van der Waals surface area contributed by atoms with Crippen LogP contribution in [0.15, 0.2) is 59.1 Å². The number of nitrogens with one attached hydrogen (secondary N) is 1. The fourth-order valence-corrected chi connectivity index (χ4v) is 10.6. The molecule has 3 heterocycles. The van der Waals surface area contributed by atoms with Gasteiger partial charge in [0.2, 0.25) is 5.88 Å². The third kappa shape index (κ3) is 9.68. The predicted molar refractivity (Wildman–Crippen MR) is 222 cm³/mol. The number of hydrogen-bond acceptors (Lipinski definition) is 9. The SMILES string of the molecule is CC[C@H]1CN2C[C@@]3(CCCc4cc(Cl)ccc43)COc3ccc(cc32)C(=O)N=S(=O)(NC(=O)c2cn(C)nc2OC)C[C@@H](C)C/C=C/[C@H](OC(=O)CC(C)C)[C@@H]1C. The van der Waals surface area contributed by atoms with Crippen LogP contribution in [0, 0.1) is 23.7 Å². The second-order valence-corrected chi connectivity index (χ2v) is 18.9. The smallest absolute Gasteiger partial charge is 0.306 e. The number of methoxy groups -OCH3 is 1. The molecule has 2 amide bonds. The maximum absolute atomic E-state index is 14.7. The van der Waals surface area contributed by atoms with Crippen LogP contribution in [-0.2, 0) is 38.3 Å². The number of allylic oxidation sites excluding steroid dienone is 1. The molecule has 57 heavy (non-hydrogen) atoms. The lowest BCUT2D eigenvalue weighted by Gasteiger charge is -2.42. The number of halogens is 1. The molecule has 2 aromatic carbocycles. The van der Waals surface area contributed by atoms with Gasteiger partial charge < -0.3 is 19.1 Å². The minimum Gasteiger partial charge on any atom is -0.490 e. The number of anilines is 1. The Bertz CT molecular complexity index is 2140. The fourth-order valence-electron chi connectivity index (χ4n) is 8.48. The van der Waals surface area contributed by atoms with Gasteiger partial charge in [0.15, 0.2) is 0 Å². The molecule has 0 fully saturated rings. The fraction of sp³-hybridized carbons (Fsp3) is 0.535. The van der Waals surface area contributed by atoms with Crippen molar-refractivity contribution in [1.82, 2.24) is 14.5 Å². The van der Waals surface area contributed by atoms with Crippen LogP contribution in [-0.4, -0.2) is 70.4 Å². The van der Waals surface area contributed by atoms with Crippen molar-refractivity contribution in [3.63, 3.8) is 0 Å². The van der Waals surface area contributed by atoms with E-state index in [4.69, 9.17) is 25.8 Å². The monoisotopic (exact) mass is 821 g/mol. The third-order valence-corrected chi connectivity index (χ3v) is 13.7. The molecule has 2 aliphatic heterocycles. The Morgan fingerprint density at radius 2 is 1.96 bits per heavy atom. The van der Waals surface area contributed by atoms with Crippen molar-refractivity contribution in [3.05, 3.63) is 82.0 Å². The van der Waals surface area contributed by atoms with E-state index in [0.29, 0.717) is 43.3 Å². The van der Waals surface area contributed by atoms with E-state index in [1.165, 1.54) is 29.1 Å². The average molecular weight is 822 g/mol. The van der Waals surface area contributed by atoms with Gasteiger partial charge >= 0.3 is 5.97 Å². The van der Waals surface area contributed by atoms with Crippen molar-refractivity contribution in [1.29, 1.82) is 0 Å². The molecule has 3 aliphatic rings. The Balaban J connectivity index is 1.47. The van der Waals surface area contributed by atoms with Crippen LogP contribution in [0.5, 0.6) is 11.6 Å². The van der Waals surface area contributed by atoms with E-state index in [2.05, 4.69) is 45.1 Å². The van der Waals surface area contributed by atoms with Crippen molar-refractivity contribution in [2.45, 2.75) is 84.7 Å². The van der Waals surface area contributed by atoms with Crippen molar-refractivity contribution in [2.75, 3.05) is 37.5 Å². The molecule has 6 atom stereocenters. The number of aromatic nitrogens is 2. The third-order valence-electron chi connectivity index (χ3n) is 11.5. The molecule has 14 heteroatoms. The van der Waals surface area contributed by atoms with Gasteiger partial charge in [-0.25, -0.2) is 4.21 Å². The minimum atomic E-state index is -3.69. The van der Waals surface area contributed by atoms with Crippen LogP contribution in [0.25, 0.3) is 0 Å². The average Bonchev–Trinajstić information content (AvgIpc) is 3.47. The zero-order valence-electron chi connectivity index (χ0n) is 34.1. The Kier molecular flexibility index (Phi) is 13.1. The van der Waals surface area contributed by atoms with Crippen molar-refractivity contribution >= 4 is 45.0 Å². The lowest BCUT2D eigenvalue weighted by molar-refractivity contribution is -0.150. The second-order valence-electron chi connectivity index (χ2n) is 16.5. The van der Waals surface area contributed by atoms with E-state index in [0.717, 1.165) is 31.4 Å². The highest BCUT2D eigenvalue weighted by Crippen LogP contribution is 2.45. The standard InChI is InChI=1S/C43H56ClN5O7S/c1-8-30-22-49-25-43(18-10-12-31-20-33(44)15-16-35(31)43)26-55-38-17-14-32(21-36(38)49)40(51)46-57(53,47-41(52)34-23-48(6)45-42(34)54-7)24-28(4)11-9-13-37(29(30)5)56-39(50)19-27(2)3/h9,13-17,20-21,23,27-30,37H,8,10-12,18-19,22,24-26H2,1-7H3,(H,46,47,51,52,53)/b13-9+/t28-,29+,30-,37-,43-,57?/m0/s1. The number of carbonyl (C=O) groups excluding carboxylic acids is 3. The number of esters is 1. The number of amides is 2. The highest BCUT2D eigenvalue weighted by Gasteiger charge is 2.43. The zero-order valence-corrected chi connectivity index (χ0v) is 35.7. The number of benzene rings is 2. The molecular formula is C43H56ClN5O7S. The molecule has 0 saturated heterocycles. The van der Waals surface area contributed by atoms with E-state index >= 15 is 0 Å². The van der Waals surface area contributed by atoms with Gasteiger partial charge in [-0.15, -0.1) is 9.46 Å². The number of aryl methyl sites for hydroxylation is 2. The Morgan fingerprint density at radius 1 is 1.18 bits per heavy atom. The van der Waals surface area contributed by atoms with Gasteiger partial charge in [-0.2, -0.15) is 0 Å². The number of nitrogens with zero attached hydrogens (tertiary/aromatic N) is 4. The zero-order chi connectivity index (χ0) is 41.1. The highest BCUT2D eigenvalue weighted by atomic mass is 35.5. The predicted octanol–water partition coefficient (Wildman–Crippen LogP) is 7.72. The lowest BCUT2D eigenvalue weighted by atomic mass is 9.70. The van der Waals surface area contributed by atoms with Crippen LogP contribution in [0.2, 0.25) is 5.02 Å². The Hall–Kier alpha value is -4.36. The highest BCUT2D eigenvalue weighted by molar-refractivity contribution is 7.92. The molecule has 12 nitrogen and oxygen atoms in total. The van der Waals surface area contributed by atoms with E-state index in [1.54, 1.807) is 25.2 Å². The van der Waals surface area contributed by atoms with Crippen LogP contribution < -0.4 is 19.1 Å². The van der Waals surface area contributed by atoms with Crippen LogP contribution >= 0.6 is 11.6 Å². The molecule has 2 bridgehead atoms. The first-order valence-electron chi connectivity index (χ1n) is 20.0. The molecule has 0 saturated carbocycles.